The van der Waals surface area contributed by atoms with Crippen LogP contribution >= 0.6 is 0 Å². The number of rotatable bonds is 18. The standard InChI is InChI=1S/C37H44N6O7/c1-47-36(48-2)28(31-32(38)42-37(40)43-33(31)39)15-9-14-24-16-18-27(19-17-24)34(45)41-29(35(46)50-23-26-12-7-4-8-13-26)20-21-30(44)49-22-25-10-5-3-6-11-25/h3-8,10-13,16-19,28-29,36H,9,14-15,20-23H2,1-2H3,(H,41,45)(H6,38,39,40,42,43)/t28?,29-/m0/s1. The summed E-state index contributed by atoms with van der Waals surface area (Å²) in [4.78, 5) is 47.0. The van der Waals surface area contributed by atoms with Crippen LogP contribution in [0.4, 0.5) is 17.6 Å². The lowest BCUT2D eigenvalue weighted by atomic mass is 9.92. The number of carbonyl (C=O) groups is 3. The van der Waals surface area contributed by atoms with E-state index in [1.165, 1.54) is 14.2 Å². The first kappa shape index (κ1) is 37.3. The summed E-state index contributed by atoms with van der Waals surface area (Å²) in [6.45, 7) is 0.138. The minimum Gasteiger partial charge on any atom is -0.461 e. The van der Waals surface area contributed by atoms with Gasteiger partial charge in [0.05, 0.1) is 0 Å². The van der Waals surface area contributed by atoms with Crippen molar-refractivity contribution in [2.75, 3.05) is 31.4 Å². The van der Waals surface area contributed by atoms with E-state index in [0.717, 1.165) is 16.7 Å². The Bertz CT molecular complexity index is 1660. The van der Waals surface area contributed by atoms with Gasteiger partial charge in [-0.2, -0.15) is 9.97 Å². The molecule has 1 amide bonds. The number of anilines is 3. The van der Waals surface area contributed by atoms with Crippen LogP contribution in [0.15, 0.2) is 84.9 Å². The Labute approximate surface area is 291 Å². The third kappa shape index (κ3) is 11.0. The largest absolute Gasteiger partial charge is 0.461 e. The number of amides is 1. The zero-order valence-electron chi connectivity index (χ0n) is 28.2. The summed E-state index contributed by atoms with van der Waals surface area (Å²) in [5, 5.41) is 2.74. The fourth-order valence-corrected chi connectivity index (χ4v) is 5.49. The van der Waals surface area contributed by atoms with Crippen molar-refractivity contribution in [3.05, 3.63) is 113 Å². The van der Waals surface area contributed by atoms with Crippen LogP contribution in [0.5, 0.6) is 0 Å². The van der Waals surface area contributed by atoms with Gasteiger partial charge in [-0.05, 0) is 54.5 Å². The second kappa shape index (κ2) is 18.9. The molecule has 0 radical (unpaired) electrons. The lowest BCUT2D eigenvalue weighted by Gasteiger charge is -2.26. The number of nitrogen functional groups attached to an aromatic ring is 3. The molecule has 1 unspecified atom stereocenters. The number of ether oxygens (including phenoxy) is 4. The second-order valence-corrected chi connectivity index (χ2v) is 11.6. The van der Waals surface area contributed by atoms with Crippen molar-refractivity contribution in [3.63, 3.8) is 0 Å². The van der Waals surface area contributed by atoms with E-state index in [-0.39, 0.29) is 49.6 Å². The number of hydrogen-bond donors (Lipinski definition) is 4. The Hall–Kier alpha value is -5.53. The van der Waals surface area contributed by atoms with Crippen LogP contribution in [0.25, 0.3) is 0 Å². The highest BCUT2D eigenvalue weighted by Gasteiger charge is 2.29. The summed E-state index contributed by atoms with van der Waals surface area (Å²) in [6.07, 6.45) is 1.20. The van der Waals surface area contributed by atoms with Gasteiger partial charge < -0.3 is 41.5 Å². The maximum absolute atomic E-state index is 13.3. The van der Waals surface area contributed by atoms with E-state index in [9.17, 15) is 14.4 Å². The Balaban J connectivity index is 1.36. The van der Waals surface area contributed by atoms with E-state index < -0.39 is 30.2 Å². The van der Waals surface area contributed by atoms with E-state index in [4.69, 9.17) is 36.1 Å². The summed E-state index contributed by atoms with van der Waals surface area (Å²) in [7, 11) is 3.06. The smallest absolute Gasteiger partial charge is 0.328 e. The maximum atomic E-state index is 13.3. The average Bonchev–Trinajstić information content (AvgIpc) is 3.12. The SMILES string of the molecule is COC(OC)C(CCCc1ccc(C(=O)N[C@@H](CCC(=O)OCc2ccccc2)C(=O)OCc2ccccc2)cc1)c1c(N)nc(N)nc1N. The molecule has 0 aliphatic heterocycles. The van der Waals surface area contributed by atoms with Gasteiger partial charge in [-0.1, -0.05) is 72.8 Å². The number of aromatic nitrogens is 2. The molecular weight excluding hydrogens is 640 g/mol. The number of nitrogens with zero attached hydrogens (tertiary/aromatic N) is 2. The summed E-state index contributed by atoms with van der Waals surface area (Å²) < 4.78 is 21.9. The third-order valence-electron chi connectivity index (χ3n) is 8.08. The molecule has 1 heterocycles. The molecule has 2 atom stereocenters. The highest BCUT2D eigenvalue weighted by Crippen LogP contribution is 2.34. The van der Waals surface area contributed by atoms with Crippen LogP contribution in [-0.2, 0) is 48.2 Å². The average molecular weight is 685 g/mol. The monoisotopic (exact) mass is 684 g/mol. The topological polar surface area (TPSA) is 204 Å². The number of aryl methyl sites for hydroxylation is 1. The molecule has 4 aromatic rings. The van der Waals surface area contributed by atoms with Gasteiger partial charge in [-0.3, -0.25) is 9.59 Å². The van der Waals surface area contributed by atoms with Crippen molar-refractivity contribution in [1.29, 1.82) is 0 Å². The molecule has 1 aromatic heterocycles. The number of benzene rings is 3. The van der Waals surface area contributed by atoms with Gasteiger partial charge in [0.2, 0.25) is 5.95 Å². The Morgan fingerprint density at radius 2 is 1.28 bits per heavy atom. The van der Waals surface area contributed by atoms with Gasteiger partial charge in [0.15, 0.2) is 6.29 Å². The molecule has 13 nitrogen and oxygen atoms in total. The Morgan fingerprint density at radius 3 is 1.84 bits per heavy atom. The van der Waals surface area contributed by atoms with Crippen molar-refractivity contribution < 1.29 is 33.3 Å². The van der Waals surface area contributed by atoms with Crippen LogP contribution in [0.2, 0.25) is 0 Å². The van der Waals surface area contributed by atoms with Gasteiger partial charge in [-0.15, -0.1) is 0 Å². The fourth-order valence-electron chi connectivity index (χ4n) is 5.49. The minimum atomic E-state index is -1.07. The van der Waals surface area contributed by atoms with E-state index in [0.29, 0.717) is 30.4 Å². The molecule has 0 saturated heterocycles. The highest BCUT2D eigenvalue weighted by molar-refractivity contribution is 5.96. The van der Waals surface area contributed by atoms with Crippen LogP contribution in [0.3, 0.4) is 0 Å². The predicted octanol–water partition coefficient (Wildman–Crippen LogP) is 4.31. The number of esters is 2. The first-order chi connectivity index (χ1) is 24.2. The normalized spacial score (nSPS) is 12.2. The molecule has 264 valence electrons. The number of methoxy groups -OCH3 is 2. The number of nitrogens with two attached hydrogens (primary N) is 3. The number of nitrogens with one attached hydrogen (secondary N) is 1. The quantitative estimate of drug-likeness (QED) is 0.0855. The molecule has 0 spiro atoms. The predicted molar refractivity (Wildman–Crippen MR) is 188 cm³/mol. The summed E-state index contributed by atoms with van der Waals surface area (Å²) in [5.41, 5.74) is 21.5. The Morgan fingerprint density at radius 1 is 0.720 bits per heavy atom. The lowest BCUT2D eigenvalue weighted by molar-refractivity contribution is -0.148. The third-order valence-corrected chi connectivity index (χ3v) is 8.08. The molecule has 3 aromatic carbocycles. The minimum absolute atomic E-state index is 0.00422. The Kier molecular flexibility index (Phi) is 14.1. The summed E-state index contributed by atoms with van der Waals surface area (Å²) in [5.74, 6) is -1.66. The van der Waals surface area contributed by atoms with E-state index >= 15 is 0 Å². The van der Waals surface area contributed by atoms with E-state index in [2.05, 4.69) is 15.3 Å². The van der Waals surface area contributed by atoms with E-state index in [1.807, 2.05) is 72.8 Å². The first-order valence-corrected chi connectivity index (χ1v) is 16.2. The highest BCUT2D eigenvalue weighted by atomic mass is 16.7. The molecule has 0 bridgehead atoms. The number of hydrogen-bond acceptors (Lipinski definition) is 12. The van der Waals surface area contributed by atoms with Crippen molar-refractivity contribution in [2.24, 2.45) is 0 Å². The molecule has 0 fully saturated rings. The van der Waals surface area contributed by atoms with Gasteiger partial charge >= 0.3 is 11.9 Å². The molecular formula is C37H44N6O7. The van der Waals surface area contributed by atoms with Gasteiger partial charge in [0, 0.05) is 37.7 Å². The molecule has 0 saturated carbocycles. The summed E-state index contributed by atoms with van der Waals surface area (Å²) >= 11 is 0. The number of carbonyl (C=O) groups excluding carboxylic acids is 3. The van der Waals surface area contributed by atoms with Gasteiger partial charge in [0.25, 0.3) is 5.91 Å². The fraction of sp³-hybridized carbons (Fsp3) is 0.324. The molecule has 4 rings (SSSR count). The zero-order valence-corrected chi connectivity index (χ0v) is 28.2. The van der Waals surface area contributed by atoms with Gasteiger partial charge in [0.1, 0.15) is 30.9 Å². The molecule has 13 heteroatoms. The first-order valence-electron chi connectivity index (χ1n) is 16.2. The van der Waals surface area contributed by atoms with Crippen molar-refractivity contribution in [3.8, 4) is 0 Å². The molecule has 7 N–H and O–H groups in total. The van der Waals surface area contributed by atoms with Gasteiger partial charge in [-0.25, -0.2) is 4.79 Å². The molecule has 50 heavy (non-hydrogen) atoms. The van der Waals surface area contributed by atoms with Crippen molar-refractivity contribution in [1.82, 2.24) is 15.3 Å². The van der Waals surface area contributed by atoms with Crippen LogP contribution in [0, 0.1) is 0 Å². The lowest BCUT2D eigenvalue weighted by Crippen LogP contribution is -2.42. The van der Waals surface area contributed by atoms with Crippen molar-refractivity contribution >= 4 is 35.4 Å². The molecule has 0 aliphatic carbocycles. The zero-order chi connectivity index (χ0) is 35.9. The summed E-state index contributed by atoms with van der Waals surface area (Å²) in [6, 6.07) is 24.4. The second-order valence-electron chi connectivity index (χ2n) is 11.6. The van der Waals surface area contributed by atoms with Crippen LogP contribution in [-0.4, -0.2) is 54.4 Å². The van der Waals surface area contributed by atoms with Crippen LogP contribution in [0.1, 0.15) is 64.2 Å². The van der Waals surface area contributed by atoms with Crippen molar-refractivity contribution in [2.45, 2.75) is 63.6 Å². The molecule has 0 aliphatic rings. The van der Waals surface area contributed by atoms with E-state index in [1.54, 1.807) is 12.1 Å². The van der Waals surface area contributed by atoms with Crippen LogP contribution < -0.4 is 22.5 Å². The maximum Gasteiger partial charge on any atom is 0.328 e.